The van der Waals surface area contributed by atoms with E-state index < -0.39 is 0 Å². The van der Waals surface area contributed by atoms with Crippen molar-refractivity contribution >= 4 is 0 Å². The van der Waals surface area contributed by atoms with Crippen molar-refractivity contribution in [2.75, 3.05) is 13.7 Å². The van der Waals surface area contributed by atoms with Gasteiger partial charge in [0, 0.05) is 11.6 Å². The summed E-state index contributed by atoms with van der Waals surface area (Å²) in [5, 5.41) is 9.69. The molecule has 0 aliphatic carbocycles. The predicted octanol–water partition coefficient (Wildman–Crippen LogP) is 2.53. The minimum atomic E-state index is 0.208. The maximum atomic E-state index is 9.69. The number of aromatic hydroxyl groups is 1. The first-order valence-electron chi connectivity index (χ1n) is 4.86. The Morgan fingerprint density at radius 3 is 2.67 bits per heavy atom. The maximum absolute atomic E-state index is 9.69. The second-order valence-corrected chi connectivity index (χ2v) is 3.06. The lowest BCUT2D eigenvalue weighted by molar-refractivity contribution is 0.308. The van der Waals surface area contributed by atoms with Gasteiger partial charge in [-0.25, -0.2) is 0 Å². The molecule has 0 fully saturated rings. The number of phenolic OH excluding ortho intramolecular Hbond substituents is 1. The van der Waals surface area contributed by atoms with Gasteiger partial charge in [0.2, 0.25) is 0 Å². The van der Waals surface area contributed by atoms with Crippen LogP contribution >= 0.6 is 0 Å². The van der Waals surface area contributed by atoms with Crippen molar-refractivity contribution < 1.29 is 14.6 Å². The zero-order valence-corrected chi connectivity index (χ0v) is 9.12. The van der Waals surface area contributed by atoms with Crippen molar-refractivity contribution in [1.29, 1.82) is 0 Å². The molecular formula is C12H16O3. The van der Waals surface area contributed by atoms with Gasteiger partial charge in [-0.05, 0) is 19.4 Å². The van der Waals surface area contributed by atoms with Crippen molar-refractivity contribution in [2.24, 2.45) is 0 Å². The van der Waals surface area contributed by atoms with Gasteiger partial charge >= 0.3 is 0 Å². The Bertz CT molecular complexity index is 345. The van der Waals surface area contributed by atoms with E-state index >= 15 is 0 Å². The third-order valence-electron chi connectivity index (χ3n) is 2.03. The Hall–Kier alpha value is -1.64. The minimum Gasteiger partial charge on any atom is -0.508 e. The highest BCUT2D eigenvalue weighted by Crippen LogP contribution is 2.34. The molecule has 3 heteroatoms. The second kappa shape index (κ2) is 5.29. The van der Waals surface area contributed by atoms with Crippen LogP contribution in [0.1, 0.15) is 12.5 Å². The Labute approximate surface area is 90.0 Å². The molecule has 0 saturated heterocycles. The monoisotopic (exact) mass is 208 g/mol. The Morgan fingerprint density at radius 1 is 1.40 bits per heavy atom. The van der Waals surface area contributed by atoms with Crippen LogP contribution in [-0.2, 0) is 6.42 Å². The fourth-order valence-corrected chi connectivity index (χ4v) is 1.34. The molecule has 0 amide bonds. The largest absolute Gasteiger partial charge is 0.508 e. The molecule has 1 aromatic rings. The van der Waals surface area contributed by atoms with Crippen LogP contribution in [0.4, 0.5) is 0 Å². The molecule has 0 unspecified atom stereocenters. The number of rotatable bonds is 5. The zero-order valence-electron chi connectivity index (χ0n) is 9.12. The molecule has 1 N–H and O–H groups in total. The van der Waals surface area contributed by atoms with Gasteiger partial charge in [0.05, 0.1) is 13.7 Å². The van der Waals surface area contributed by atoms with Crippen LogP contribution in [0.2, 0.25) is 0 Å². The first kappa shape index (κ1) is 11.4. The number of hydrogen-bond donors (Lipinski definition) is 1. The number of phenols is 1. The molecule has 0 bridgehead atoms. The molecule has 0 aliphatic heterocycles. The van der Waals surface area contributed by atoms with Crippen LogP contribution in [-0.4, -0.2) is 18.8 Å². The van der Waals surface area contributed by atoms with Gasteiger partial charge in [-0.2, -0.15) is 0 Å². The lowest BCUT2D eigenvalue weighted by Crippen LogP contribution is -1.96. The normalized spacial score (nSPS) is 9.73. The van der Waals surface area contributed by atoms with E-state index in [-0.39, 0.29) is 5.75 Å². The van der Waals surface area contributed by atoms with Crippen LogP contribution in [0.3, 0.4) is 0 Å². The van der Waals surface area contributed by atoms with Crippen molar-refractivity contribution in [3.8, 4) is 17.2 Å². The molecule has 0 aromatic heterocycles. The molecule has 0 aliphatic rings. The van der Waals surface area contributed by atoms with Crippen molar-refractivity contribution in [1.82, 2.24) is 0 Å². The fourth-order valence-electron chi connectivity index (χ4n) is 1.34. The van der Waals surface area contributed by atoms with Crippen molar-refractivity contribution in [3.63, 3.8) is 0 Å². The summed E-state index contributed by atoms with van der Waals surface area (Å²) in [6, 6.07) is 3.34. The van der Waals surface area contributed by atoms with Gasteiger partial charge in [0.1, 0.15) is 5.75 Å². The summed E-state index contributed by atoms with van der Waals surface area (Å²) >= 11 is 0. The summed E-state index contributed by atoms with van der Waals surface area (Å²) in [6.45, 7) is 6.05. The van der Waals surface area contributed by atoms with E-state index in [2.05, 4.69) is 6.58 Å². The summed E-state index contributed by atoms with van der Waals surface area (Å²) in [5.41, 5.74) is 0.783. The molecular weight excluding hydrogens is 192 g/mol. The first-order chi connectivity index (χ1) is 7.22. The number of allylic oxidation sites excluding steroid dienone is 1. The predicted molar refractivity (Wildman–Crippen MR) is 59.7 cm³/mol. The van der Waals surface area contributed by atoms with Crippen LogP contribution < -0.4 is 9.47 Å². The highest BCUT2D eigenvalue weighted by atomic mass is 16.5. The van der Waals surface area contributed by atoms with Gasteiger partial charge in [0.25, 0.3) is 0 Å². The summed E-state index contributed by atoms with van der Waals surface area (Å²) in [5.74, 6) is 1.40. The van der Waals surface area contributed by atoms with Gasteiger partial charge in [0.15, 0.2) is 11.5 Å². The fraction of sp³-hybridized carbons (Fsp3) is 0.333. The van der Waals surface area contributed by atoms with Gasteiger partial charge in [-0.1, -0.05) is 6.08 Å². The second-order valence-electron chi connectivity index (χ2n) is 3.06. The number of methoxy groups -OCH3 is 1. The molecule has 0 saturated carbocycles. The van der Waals surface area contributed by atoms with E-state index in [0.29, 0.717) is 24.5 Å². The number of benzene rings is 1. The molecule has 0 spiro atoms. The minimum absolute atomic E-state index is 0.208. The van der Waals surface area contributed by atoms with Crippen LogP contribution in [0.25, 0.3) is 0 Å². The highest BCUT2D eigenvalue weighted by Gasteiger charge is 2.09. The smallest absolute Gasteiger partial charge is 0.164 e. The van der Waals surface area contributed by atoms with Gasteiger partial charge in [-0.3, -0.25) is 0 Å². The molecule has 15 heavy (non-hydrogen) atoms. The molecule has 0 atom stereocenters. The van der Waals surface area contributed by atoms with E-state index in [0.717, 1.165) is 5.56 Å². The third kappa shape index (κ3) is 2.65. The third-order valence-corrected chi connectivity index (χ3v) is 2.03. The quantitative estimate of drug-likeness (QED) is 0.756. The zero-order chi connectivity index (χ0) is 11.3. The summed E-state index contributed by atoms with van der Waals surface area (Å²) < 4.78 is 10.5. The highest BCUT2D eigenvalue weighted by molar-refractivity contribution is 5.50. The SMILES string of the molecule is C=CCc1cc(OC)c(OCC)cc1O. The van der Waals surface area contributed by atoms with E-state index in [9.17, 15) is 5.11 Å². The van der Waals surface area contributed by atoms with E-state index in [1.807, 2.05) is 6.92 Å². The average Bonchev–Trinajstić information content (AvgIpc) is 2.22. The van der Waals surface area contributed by atoms with Crippen molar-refractivity contribution in [3.05, 3.63) is 30.4 Å². The van der Waals surface area contributed by atoms with E-state index in [4.69, 9.17) is 9.47 Å². The lowest BCUT2D eigenvalue weighted by Gasteiger charge is -2.11. The molecule has 82 valence electrons. The average molecular weight is 208 g/mol. The first-order valence-corrected chi connectivity index (χ1v) is 4.86. The Balaban J connectivity index is 3.09. The van der Waals surface area contributed by atoms with Crippen LogP contribution in [0, 0.1) is 0 Å². The molecule has 0 radical (unpaired) electrons. The summed E-state index contributed by atoms with van der Waals surface area (Å²) in [4.78, 5) is 0. The molecule has 0 heterocycles. The molecule has 1 rings (SSSR count). The summed E-state index contributed by atoms with van der Waals surface area (Å²) in [6.07, 6.45) is 2.34. The number of hydrogen-bond acceptors (Lipinski definition) is 3. The number of ether oxygens (including phenoxy) is 2. The van der Waals surface area contributed by atoms with Crippen LogP contribution in [0.15, 0.2) is 24.8 Å². The van der Waals surface area contributed by atoms with Gasteiger partial charge in [-0.15, -0.1) is 6.58 Å². The molecule has 3 nitrogen and oxygen atoms in total. The van der Waals surface area contributed by atoms with E-state index in [1.165, 1.54) is 0 Å². The Kier molecular flexibility index (Phi) is 4.03. The molecule has 1 aromatic carbocycles. The topological polar surface area (TPSA) is 38.7 Å². The lowest BCUT2D eigenvalue weighted by atomic mass is 10.1. The Morgan fingerprint density at radius 2 is 2.13 bits per heavy atom. The van der Waals surface area contributed by atoms with Crippen LogP contribution in [0.5, 0.6) is 17.2 Å². The van der Waals surface area contributed by atoms with E-state index in [1.54, 1.807) is 25.3 Å². The standard InChI is InChI=1S/C12H16O3/c1-4-6-9-7-11(14-3)12(15-5-2)8-10(9)13/h4,7-8,13H,1,5-6H2,2-3H3. The van der Waals surface area contributed by atoms with Gasteiger partial charge < -0.3 is 14.6 Å². The maximum Gasteiger partial charge on any atom is 0.164 e. The van der Waals surface area contributed by atoms with Crippen molar-refractivity contribution in [2.45, 2.75) is 13.3 Å². The summed E-state index contributed by atoms with van der Waals surface area (Å²) in [7, 11) is 1.58.